The normalized spacial score (nSPS) is 26.4. The summed E-state index contributed by atoms with van der Waals surface area (Å²) < 4.78 is 5.52. The molecule has 4 nitrogen and oxygen atoms in total. The molecular weight excluding hydrogens is 372 g/mol. The van der Waals surface area contributed by atoms with Crippen LogP contribution in [0.5, 0.6) is 11.5 Å². The van der Waals surface area contributed by atoms with Crippen LogP contribution in [0.25, 0.3) is 10.9 Å². The largest absolute Gasteiger partial charge is 0.508 e. The third-order valence-electron chi connectivity index (χ3n) is 7.09. The van der Waals surface area contributed by atoms with E-state index in [1.807, 2.05) is 30.5 Å². The summed E-state index contributed by atoms with van der Waals surface area (Å²) in [5.41, 5.74) is 3.37. The highest BCUT2D eigenvalue weighted by molar-refractivity contribution is 5.84. The molecule has 0 spiro atoms. The first-order valence-electron chi connectivity index (χ1n) is 10.8. The summed E-state index contributed by atoms with van der Waals surface area (Å²) in [7, 11) is 1.70. The van der Waals surface area contributed by atoms with Gasteiger partial charge in [0.05, 0.1) is 12.6 Å². The number of pyridine rings is 1. The molecule has 5 atom stereocenters. The van der Waals surface area contributed by atoms with E-state index in [2.05, 4.69) is 40.7 Å². The van der Waals surface area contributed by atoms with Crippen molar-refractivity contribution in [3.05, 3.63) is 78.5 Å². The monoisotopic (exact) mass is 400 g/mol. The van der Waals surface area contributed by atoms with Crippen LogP contribution in [0.2, 0.25) is 0 Å². The van der Waals surface area contributed by atoms with Crippen LogP contribution in [0.1, 0.15) is 29.9 Å². The van der Waals surface area contributed by atoms with Crippen LogP contribution in [-0.4, -0.2) is 41.2 Å². The minimum atomic E-state index is 0.156. The van der Waals surface area contributed by atoms with E-state index in [0.29, 0.717) is 23.6 Å². The number of fused-ring (bicyclic) bond motifs is 4. The minimum absolute atomic E-state index is 0.156. The number of aromatic nitrogens is 1. The van der Waals surface area contributed by atoms with Gasteiger partial charge in [-0.05, 0) is 78.7 Å². The van der Waals surface area contributed by atoms with Crippen LogP contribution >= 0.6 is 0 Å². The Kier molecular flexibility index (Phi) is 4.95. The van der Waals surface area contributed by atoms with Crippen molar-refractivity contribution in [1.82, 2.24) is 9.88 Å². The Balaban J connectivity index is 1.67. The second-order valence-electron chi connectivity index (χ2n) is 8.60. The molecule has 3 saturated heterocycles. The maximum absolute atomic E-state index is 10.3. The van der Waals surface area contributed by atoms with Gasteiger partial charge >= 0.3 is 0 Å². The molecule has 4 heterocycles. The van der Waals surface area contributed by atoms with Gasteiger partial charge < -0.3 is 9.84 Å². The van der Waals surface area contributed by atoms with Crippen LogP contribution in [0, 0.1) is 11.8 Å². The lowest BCUT2D eigenvalue weighted by atomic mass is 9.69. The van der Waals surface area contributed by atoms with Crippen LogP contribution in [0.3, 0.4) is 0 Å². The summed E-state index contributed by atoms with van der Waals surface area (Å²) in [4.78, 5) is 7.23. The van der Waals surface area contributed by atoms with Crippen molar-refractivity contribution in [3.63, 3.8) is 0 Å². The van der Waals surface area contributed by atoms with E-state index in [9.17, 15) is 5.11 Å². The van der Waals surface area contributed by atoms with Crippen molar-refractivity contribution in [3.8, 4) is 11.5 Å². The van der Waals surface area contributed by atoms with Gasteiger partial charge in [-0.15, -0.1) is 6.58 Å². The Bertz CT molecular complexity index is 1080. The number of rotatable bonds is 5. The van der Waals surface area contributed by atoms with Crippen LogP contribution in [-0.2, 0) is 0 Å². The molecular formula is C26H28N2O2. The molecule has 3 aliphatic rings. The molecule has 4 heteroatoms. The van der Waals surface area contributed by atoms with Crippen molar-refractivity contribution >= 4 is 10.9 Å². The molecule has 6 rings (SSSR count). The number of hydrogen-bond donors (Lipinski definition) is 1. The molecule has 2 bridgehead atoms. The van der Waals surface area contributed by atoms with E-state index in [1.54, 1.807) is 13.2 Å². The SMILES string of the molecule is C=C[C@H]1CN2CC[C@H]1C[C@H]2[C@H](c1cccc(O)c1)c1ccnc2ccc(OC)cc12. The smallest absolute Gasteiger partial charge is 0.119 e. The Morgan fingerprint density at radius 3 is 2.87 bits per heavy atom. The predicted octanol–water partition coefficient (Wildman–Crippen LogP) is 4.98. The van der Waals surface area contributed by atoms with Gasteiger partial charge in [0.15, 0.2) is 0 Å². The van der Waals surface area contributed by atoms with Gasteiger partial charge in [0.2, 0.25) is 0 Å². The summed E-state index contributed by atoms with van der Waals surface area (Å²) >= 11 is 0. The van der Waals surface area contributed by atoms with Gasteiger partial charge in [-0.1, -0.05) is 18.2 Å². The highest BCUT2D eigenvalue weighted by Crippen LogP contribution is 2.45. The lowest BCUT2D eigenvalue weighted by molar-refractivity contribution is 0.0121. The van der Waals surface area contributed by atoms with E-state index in [1.165, 1.54) is 12.0 Å². The number of ether oxygens (including phenoxy) is 1. The second kappa shape index (κ2) is 7.77. The third kappa shape index (κ3) is 3.25. The van der Waals surface area contributed by atoms with Gasteiger partial charge in [0, 0.05) is 30.1 Å². The fourth-order valence-corrected chi connectivity index (χ4v) is 5.60. The van der Waals surface area contributed by atoms with Crippen molar-refractivity contribution in [1.29, 1.82) is 0 Å². The van der Waals surface area contributed by atoms with Gasteiger partial charge in [-0.25, -0.2) is 0 Å². The summed E-state index contributed by atoms with van der Waals surface area (Å²) in [5, 5.41) is 11.4. The summed E-state index contributed by atoms with van der Waals surface area (Å²) in [6.45, 7) is 6.28. The molecule has 0 radical (unpaired) electrons. The van der Waals surface area contributed by atoms with Crippen molar-refractivity contribution in [2.24, 2.45) is 11.8 Å². The summed E-state index contributed by atoms with van der Waals surface area (Å²) in [5.74, 6) is 2.56. The lowest BCUT2D eigenvalue weighted by Crippen LogP contribution is -2.55. The first-order chi connectivity index (χ1) is 14.7. The number of piperidine rings is 3. The van der Waals surface area contributed by atoms with Gasteiger partial charge in [-0.3, -0.25) is 9.88 Å². The zero-order valence-electron chi connectivity index (χ0n) is 17.4. The summed E-state index contributed by atoms with van der Waals surface area (Å²) in [6, 6.07) is 16.4. The van der Waals surface area contributed by atoms with E-state index in [4.69, 9.17) is 4.74 Å². The van der Waals surface area contributed by atoms with E-state index < -0.39 is 0 Å². The zero-order valence-corrected chi connectivity index (χ0v) is 17.4. The van der Waals surface area contributed by atoms with E-state index >= 15 is 0 Å². The van der Waals surface area contributed by atoms with E-state index in [0.717, 1.165) is 41.7 Å². The maximum atomic E-state index is 10.3. The molecule has 30 heavy (non-hydrogen) atoms. The summed E-state index contributed by atoms with van der Waals surface area (Å²) in [6.07, 6.45) is 6.43. The molecule has 154 valence electrons. The number of nitrogens with zero attached hydrogens (tertiary/aromatic N) is 2. The standard InChI is InChI=1S/C26H28N2O2/c1-3-17-16-28-12-10-18(17)14-25(28)26(19-5-4-6-20(29)13-19)22-9-11-27-24-8-7-21(30-2)15-23(22)24/h3-9,11,13,15,17-18,25-26,29H,1,10,12,14,16H2,2H3/t17-,18-,25-,26+/m0/s1. The number of phenols is 1. The van der Waals surface area contributed by atoms with Crippen LogP contribution < -0.4 is 4.74 Å². The number of hydrogen-bond acceptors (Lipinski definition) is 4. The molecule has 3 fully saturated rings. The molecule has 1 aromatic heterocycles. The maximum Gasteiger partial charge on any atom is 0.119 e. The molecule has 1 unspecified atom stereocenters. The molecule has 0 amide bonds. The molecule has 1 N–H and O–H groups in total. The number of benzene rings is 2. The molecule has 0 aliphatic carbocycles. The lowest BCUT2D eigenvalue weighted by Gasteiger charge is -2.52. The number of phenolic OH excluding ortho intramolecular Hbond substituents is 1. The fraction of sp³-hybridized carbons (Fsp3) is 0.346. The highest BCUT2D eigenvalue weighted by Gasteiger charge is 2.43. The Morgan fingerprint density at radius 1 is 1.23 bits per heavy atom. The predicted molar refractivity (Wildman–Crippen MR) is 120 cm³/mol. The van der Waals surface area contributed by atoms with Crippen LogP contribution in [0.4, 0.5) is 0 Å². The fourth-order valence-electron chi connectivity index (χ4n) is 5.60. The van der Waals surface area contributed by atoms with Gasteiger partial charge in [0.25, 0.3) is 0 Å². The average Bonchev–Trinajstić information content (AvgIpc) is 2.79. The average molecular weight is 401 g/mol. The Hall–Kier alpha value is -2.85. The molecule has 3 aliphatic heterocycles. The first kappa shape index (κ1) is 19.1. The quantitative estimate of drug-likeness (QED) is 0.614. The van der Waals surface area contributed by atoms with Gasteiger partial charge in [0.1, 0.15) is 11.5 Å². The topological polar surface area (TPSA) is 45.6 Å². The van der Waals surface area contributed by atoms with Crippen molar-refractivity contribution in [2.75, 3.05) is 20.2 Å². The van der Waals surface area contributed by atoms with Crippen molar-refractivity contribution in [2.45, 2.75) is 24.8 Å². The minimum Gasteiger partial charge on any atom is -0.508 e. The number of methoxy groups -OCH3 is 1. The molecule has 3 aromatic rings. The Morgan fingerprint density at radius 2 is 2.13 bits per heavy atom. The van der Waals surface area contributed by atoms with E-state index in [-0.39, 0.29) is 5.92 Å². The first-order valence-corrected chi connectivity index (χ1v) is 10.8. The number of aromatic hydroxyl groups is 1. The van der Waals surface area contributed by atoms with Gasteiger partial charge in [-0.2, -0.15) is 0 Å². The zero-order chi connectivity index (χ0) is 20.7. The van der Waals surface area contributed by atoms with Crippen LogP contribution in [0.15, 0.2) is 67.4 Å². The Labute approximate surface area is 177 Å². The molecule has 0 saturated carbocycles. The second-order valence-corrected chi connectivity index (χ2v) is 8.60. The third-order valence-corrected chi connectivity index (χ3v) is 7.09. The molecule has 2 aromatic carbocycles. The highest BCUT2D eigenvalue weighted by atomic mass is 16.5. The van der Waals surface area contributed by atoms with Crippen molar-refractivity contribution < 1.29 is 9.84 Å².